The van der Waals surface area contributed by atoms with E-state index in [1.165, 1.54) is 5.56 Å². The highest BCUT2D eigenvalue weighted by molar-refractivity contribution is 5.85. The molecular formula is C18H26ClN3O2. The molecule has 3 rings (SSSR count). The van der Waals surface area contributed by atoms with Gasteiger partial charge in [-0.15, -0.1) is 12.4 Å². The van der Waals surface area contributed by atoms with Crippen molar-refractivity contribution in [3.8, 4) is 5.75 Å². The number of benzene rings is 1. The monoisotopic (exact) mass is 351 g/mol. The fraction of sp³-hybridized carbons (Fsp3) is 0.556. The summed E-state index contributed by atoms with van der Waals surface area (Å²) in [6, 6.07) is 6.27. The van der Waals surface area contributed by atoms with Crippen molar-refractivity contribution in [2.24, 2.45) is 5.73 Å². The highest BCUT2D eigenvalue weighted by Gasteiger charge is 2.39. The molecule has 5 nitrogen and oxygen atoms in total. The van der Waals surface area contributed by atoms with Gasteiger partial charge in [0.2, 0.25) is 0 Å². The summed E-state index contributed by atoms with van der Waals surface area (Å²) in [4.78, 5) is 4.47. The summed E-state index contributed by atoms with van der Waals surface area (Å²) in [6.07, 6.45) is 2.64. The maximum Gasteiger partial charge on any atom is 0.267 e. The average Bonchev–Trinajstić information content (AvgIpc) is 2.94. The van der Waals surface area contributed by atoms with E-state index < -0.39 is 5.54 Å². The summed E-state index contributed by atoms with van der Waals surface area (Å²) >= 11 is 0. The molecule has 0 saturated heterocycles. The van der Waals surface area contributed by atoms with Crippen molar-refractivity contribution >= 4 is 12.4 Å². The average molecular weight is 352 g/mol. The third-order valence-corrected chi connectivity index (χ3v) is 4.58. The van der Waals surface area contributed by atoms with E-state index in [1.54, 1.807) is 0 Å². The molecule has 2 aromatic rings. The zero-order chi connectivity index (χ0) is 16.6. The summed E-state index contributed by atoms with van der Waals surface area (Å²) in [5.74, 6) is 2.34. The first kappa shape index (κ1) is 18.7. The topological polar surface area (TPSA) is 74.2 Å². The van der Waals surface area contributed by atoms with Crippen molar-refractivity contribution in [2.75, 3.05) is 0 Å². The number of rotatable bonds is 5. The molecule has 0 bridgehead atoms. The van der Waals surface area contributed by atoms with Gasteiger partial charge in [-0.05, 0) is 56.2 Å². The molecule has 1 unspecified atom stereocenters. The van der Waals surface area contributed by atoms with Crippen LogP contribution in [0.15, 0.2) is 22.7 Å². The van der Waals surface area contributed by atoms with E-state index in [0.717, 1.165) is 30.6 Å². The molecule has 1 heterocycles. The Bertz CT molecular complexity index is 695. The summed E-state index contributed by atoms with van der Waals surface area (Å²) in [5, 5.41) is 4.06. The number of hydrogen-bond acceptors (Lipinski definition) is 5. The quantitative estimate of drug-likeness (QED) is 0.864. The first-order valence-electron chi connectivity index (χ1n) is 8.29. The van der Waals surface area contributed by atoms with Gasteiger partial charge in [-0.2, -0.15) is 4.98 Å². The van der Waals surface area contributed by atoms with E-state index in [-0.39, 0.29) is 18.5 Å². The summed E-state index contributed by atoms with van der Waals surface area (Å²) in [5.41, 5.74) is 8.18. The smallest absolute Gasteiger partial charge is 0.267 e. The number of aromatic nitrogens is 2. The summed E-state index contributed by atoms with van der Waals surface area (Å²) in [6.45, 7) is 8.29. The molecule has 1 aromatic carbocycles. The Morgan fingerprint density at radius 3 is 2.54 bits per heavy atom. The number of ether oxygens (including phenoxy) is 1. The maximum atomic E-state index is 6.25. The molecule has 24 heavy (non-hydrogen) atoms. The SMILES string of the molecule is Cc1ccc(C(C)C)c(OC(C)c2nc(C3(N)CCC3)no2)c1.Cl. The van der Waals surface area contributed by atoms with Gasteiger partial charge in [-0.25, -0.2) is 0 Å². The number of halogens is 1. The molecule has 0 spiro atoms. The minimum atomic E-state index is -0.409. The third kappa shape index (κ3) is 3.57. The highest BCUT2D eigenvalue weighted by atomic mass is 35.5. The molecule has 0 aliphatic heterocycles. The minimum Gasteiger partial charge on any atom is -0.481 e. The van der Waals surface area contributed by atoms with Crippen LogP contribution in [0.1, 0.15) is 74.9 Å². The molecule has 1 atom stereocenters. The molecule has 0 amide bonds. The van der Waals surface area contributed by atoms with Crippen LogP contribution >= 0.6 is 12.4 Å². The number of nitrogens with two attached hydrogens (primary N) is 1. The van der Waals surface area contributed by atoms with E-state index in [4.69, 9.17) is 15.0 Å². The molecule has 6 heteroatoms. The van der Waals surface area contributed by atoms with Crippen LogP contribution in [-0.2, 0) is 5.54 Å². The highest BCUT2D eigenvalue weighted by Crippen LogP contribution is 2.37. The molecular weight excluding hydrogens is 326 g/mol. The molecule has 132 valence electrons. The van der Waals surface area contributed by atoms with E-state index in [0.29, 0.717) is 17.6 Å². The van der Waals surface area contributed by atoms with E-state index >= 15 is 0 Å². The van der Waals surface area contributed by atoms with Crippen molar-refractivity contribution in [1.82, 2.24) is 10.1 Å². The van der Waals surface area contributed by atoms with Crippen molar-refractivity contribution in [3.63, 3.8) is 0 Å². The molecule has 1 aromatic heterocycles. The van der Waals surface area contributed by atoms with Gasteiger partial charge in [0.1, 0.15) is 5.75 Å². The molecule has 0 radical (unpaired) electrons. The normalized spacial score (nSPS) is 17.1. The number of nitrogens with zero attached hydrogens (tertiary/aromatic N) is 2. The predicted molar refractivity (Wildman–Crippen MR) is 95.6 cm³/mol. The van der Waals surface area contributed by atoms with Crippen molar-refractivity contribution in [2.45, 2.75) is 64.5 Å². The fourth-order valence-electron chi connectivity index (χ4n) is 2.85. The Morgan fingerprint density at radius 1 is 1.25 bits per heavy atom. The van der Waals surface area contributed by atoms with Crippen LogP contribution in [-0.4, -0.2) is 10.1 Å². The van der Waals surface area contributed by atoms with Gasteiger partial charge < -0.3 is 15.0 Å². The van der Waals surface area contributed by atoms with Gasteiger partial charge in [-0.3, -0.25) is 0 Å². The second-order valence-electron chi connectivity index (χ2n) is 6.92. The molecule has 1 aliphatic rings. The Balaban J connectivity index is 0.00000208. The fourth-order valence-corrected chi connectivity index (χ4v) is 2.85. The van der Waals surface area contributed by atoms with Gasteiger partial charge in [0.25, 0.3) is 5.89 Å². The van der Waals surface area contributed by atoms with Crippen molar-refractivity contribution < 1.29 is 9.26 Å². The minimum absolute atomic E-state index is 0. The van der Waals surface area contributed by atoms with Crippen LogP contribution < -0.4 is 10.5 Å². The van der Waals surface area contributed by atoms with Crippen LogP contribution in [0.5, 0.6) is 5.75 Å². The number of hydrogen-bond donors (Lipinski definition) is 1. The second-order valence-corrected chi connectivity index (χ2v) is 6.92. The van der Waals surface area contributed by atoms with Gasteiger partial charge in [0, 0.05) is 0 Å². The Hall–Kier alpha value is -1.59. The lowest BCUT2D eigenvalue weighted by Gasteiger charge is -2.34. The first-order valence-corrected chi connectivity index (χ1v) is 8.29. The summed E-state index contributed by atoms with van der Waals surface area (Å²) < 4.78 is 11.5. The van der Waals surface area contributed by atoms with Crippen LogP contribution in [0.3, 0.4) is 0 Å². The second kappa shape index (κ2) is 7.11. The lowest BCUT2D eigenvalue weighted by atomic mass is 9.77. The van der Waals surface area contributed by atoms with Gasteiger partial charge in [0.15, 0.2) is 11.9 Å². The van der Waals surface area contributed by atoms with Crippen LogP contribution in [0, 0.1) is 6.92 Å². The van der Waals surface area contributed by atoms with Crippen molar-refractivity contribution in [1.29, 1.82) is 0 Å². The molecule has 1 saturated carbocycles. The zero-order valence-electron chi connectivity index (χ0n) is 14.7. The standard InChI is InChI=1S/C18H25N3O2.ClH/c1-11(2)14-7-6-12(3)10-15(14)22-13(4)16-20-17(21-23-16)18(19)8-5-9-18;/h6-7,10-11,13H,5,8-9,19H2,1-4H3;1H. The van der Waals surface area contributed by atoms with Crippen LogP contribution in [0.2, 0.25) is 0 Å². The van der Waals surface area contributed by atoms with Gasteiger partial charge >= 0.3 is 0 Å². The Labute approximate surface area is 149 Å². The maximum absolute atomic E-state index is 6.25. The Kier molecular flexibility index (Phi) is 5.56. The third-order valence-electron chi connectivity index (χ3n) is 4.58. The molecule has 1 fully saturated rings. The van der Waals surface area contributed by atoms with Crippen molar-refractivity contribution in [3.05, 3.63) is 41.0 Å². The number of aryl methyl sites for hydroxylation is 1. The largest absolute Gasteiger partial charge is 0.481 e. The van der Waals surface area contributed by atoms with E-state index in [2.05, 4.69) is 49.1 Å². The molecule has 1 aliphatic carbocycles. The molecule has 2 N–H and O–H groups in total. The Morgan fingerprint density at radius 2 is 1.96 bits per heavy atom. The first-order chi connectivity index (χ1) is 10.9. The van der Waals surface area contributed by atoms with E-state index in [9.17, 15) is 0 Å². The zero-order valence-corrected chi connectivity index (χ0v) is 15.5. The van der Waals surface area contributed by atoms with Crippen LogP contribution in [0.4, 0.5) is 0 Å². The summed E-state index contributed by atoms with van der Waals surface area (Å²) in [7, 11) is 0. The van der Waals surface area contributed by atoms with Crippen LogP contribution in [0.25, 0.3) is 0 Å². The predicted octanol–water partition coefficient (Wildman–Crippen LogP) is 4.40. The lowest BCUT2D eigenvalue weighted by Crippen LogP contribution is -2.44. The van der Waals surface area contributed by atoms with Gasteiger partial charge in [0.05, 0.1) is 5.54 Å². The van der Waals surface area contributed by atoms with Gasteiger partial charge in [-0.1, -0.05) is 31.1 Å². The lowest BCUT2D eigenvalue weighted by molar-refractivity contribution is 0.172. The van der Waals surface area contributed by atoms with E-state index in [1.807, 2.05) is 6.92 Å².